The molecule has 0 unspecified atom stereocenters. The van der Waals surface area contributed by atoms with Crippen LogP contribution in [0.4, 0.5) is 0 Å². The van der Waals surface area contributed by atoms with E-state index in [4.69, 9.17) is 14.6 Å². The number of carboxylic acid groups (broad SMARTS) is 1. The molecule has 0 saturated carbocycles. The summed E-state index contributed by atoms with van der Waals surface area (Å²) in [5, 5.41) is 9.14. The van der Waals surface area contributed by atoms with Crippen LogP contribution in [0.3, 0.4) is 0 Å². The highest BCUT2D eigenvalue weighted by atomic mass is 16.5. The lowest BCUT2D eigenvalue weighted by Gasteiger charge is -2.26. The summed E-state index contributed by atoms with van der Waals surface area (Å²) in [6.45, 7) is 1.98. The second-order valence-corrected chi connectivity index (χ2v) is 4.66. The van der Waals surface area contributed by atoms with Gasteiger partial charge in [0.1, 0.15) is 11.5 Å². The minimum atomic E-state index is -0.734. The third kappa shape index (κ3) is 2.03. The van der Waals surface area contributed by atoms with E-state index in [1.165, 1.54) is 0 Å². The van der Waals surface area contributed by atoms with Crippen LogP contribution in [0.25, 0.3) is 0 Å². The molecule has 4 heteroatoms. The van der Waals surface area contributed by atoms with Gasteiger partial charge in [-0.2, -0.15) is 0 Å². The summed E-state index contributed by atoms with van der Waals surface area (Å²) in [4.78, 5) is 11.1. The average molecular weight is 250 g/mol. The van der Waals surface area contributed by atoms with Crippen molar-refractivity contribution in [1.82, 2.24) is 0 Å². The number of hydrogen-bond acceptors (Lipinski definition) is 3. The molecule has 98 valence electrons. The number of benzene rings is 1. The molecule has 0 spiro atoms. The second kappa shape index (κ2) is 4.88. The van der Waals surface area contributed by atoms with Crippen molar-refractivity contribution in [2.24, 2.45) is 5.92 Å². The van der Waals surface area contributed by atoms with Crippen molar-refractivity contribution in [3.63, 3.8) is 0 Å². The quantitative estimate of drug-likeness (QED) is 0.893. The number of carboxylic acids is 1. The maximum absolute atomic E-state index is 11.1. The van der Waals surface area contributed by atoms with Crippen molar-refractivity contribution >= 4 is 5.97 Å². The third-order valence-electron chi connectivity index (χ3n) is 3.61. The Labute approximate surface area is 107 Å². The van der Waals surface area contributed by atoms with Gasteiger partial charge in [-0.1, -0.05) is 0 Å². The number of fused-ring (bicyclic) bond motifs is 1. The molecule has 0 heterocycles. The molecule has 0 fully saturated rings. The predicted molar refractivity (Wildman–Crippen MR) is 67.4 cm³/mol. The number of methoxy groups -OCH3 is 2. The van der Waals surface area contributed by atoms with Crippen LogP contribution in [0, 0.1) is 12.8 Å². The van der Waals surface area contributed by atoms with Crippen LogP contribution in [0.15, 0.2) is 6.07 Å². The van der Waals surface area contributed by atoms with Gasteiger partial charge < -0.3 is 14.6 Å². The molecule has 1 aliphatic carbocycles. The van der Waals surface area contributed by atoms with E-state index in [2.05, 4.69) is 0 Å². The first-order valence-electron chi connectivity index (χ1n) is 6.04. The van der Waals surface area contributed by atoms with Gasteiger partial charge in [0, 0.05) is 11.1 Å². The summed E-state index contributed by atoms with van der Waals surface area (Å²) >= 11 is 0. The Morgan fingerprint density at radius 2 is 2.06 bits per heavy atom. The molecular formula is C14H18O4. The zero-order chi connectivity index (χ0) is 13.3. The fourth-order valence-corrected chi connectivity index (χ4v) is 2.71. The summed E-state index contributed by atoms with van der Waals surface area (Å²) in [6.07, 6.45) is 1.91. The minimum absolute atomic E-state index is 0.321. The van der Waals surface area contributed by atoms with E-state index in [1.54, 1.807) is 14.2 Å². The van der Waals surface area contributed by atoms with Gasteiger partial charge in [0.05, 0.1) is 20.1 Å². The minimum Gasteiger partial charge on any atom is -0.496 e. The Bertz CT molecular complexity index is 479. The molecule has 0 bridgehead atoms. The number of aliphatic carboxylic acids is 1. The van der Waals surface area contributed by atoms with E-state index >= 15 is 0 Å². The summed E-state index contributed by atoms with van der Waals surface area (Å²) < 4.78 is 10.8. The molecule has 1 aromatic rings. The fourth-order valence-electron chi connectivity index (χ4n) is 2.71. The van der Waals surface area contributed by atoms with Crippen molar-refractivity contribution < 1.29 is 19.4 Å². The standard InChI is InChI=1S/C14H18O4/c1-8-6-12(17-2)11-7-9(14(15)16)4-5-10(11)13(8)18-3/h6,9H,4-5,7H2,1-3H3,(H,15,16)/t9-/m0/s1. The molecule has 1 N–H and O–H groups in total. The molecule has 4 nitrogen and oxygen atoms in total. The lowest BCUT2D eigenvalue weighted by molar-refractivity contribution is -0.142. The van der Waals surface area contributed by atoms with Gasteiger partial charge in [0.2, 0.25) is 0 Å². The summed E-state index contributed by atoms with van der Waals surface area (Å²) in [7, 11) is 3.27. The van der Waals surface area contributed by atoms with Crippen molar-refractivity contribution in [1.29, 1.82) is 0 Å². The molecule has 2 rings (SSSR count). The highest BCUT2D eigenvalue weighted by Gasteiger charge is 2.29. The van der Waals surface area contributed by atoms with Crippen LogP contribution in [0.5, 0.6) is 11.5 Å². The van der Waals surface area contributed by atoms with Crippen molar-refractivity contribution in [2.45, 2.75) is 26.2 Å². The number of hydrogen-bond donors (Lipinski definition) is 1. The van der Waals surface area contributed by atoms with Gasteiger partial charge in [-0.15, -0.1) is 0 Å². The van der Waals surface area contributed by atoms with Gasteiger partial charge >= 0.3 is 5.97 Å². The van der Waals surface area contributed by atoms with E-state index < -0.39 is 5.97 Å². The normalized spacial score (nSPS) is 18.1. The molecule has 1 aliphatic rings. The lowest BCUT2D eigenvalue weighted by Crippen LogP contribution is -2.23. The number of rotatable bonds is 3. The van der Waals surface area contributed by atoms with Crippen molar-refractivity contribution in [3.8, 4) is 11.5 Å². The van der Waals surface area contributed by atoms with Crippen molar-refractivity contribution in [2.75, 3.05) is 14.2 Å². The van der Waals surface area contributed by atoms with Crippen molar-refractivity contribution in [3.05, 3.63) is 22.8 Å². The van der Waals surface area contributed by atoms with Crippen LogP contribution in [0.1, 0.15) is 23.1 Å². The molecule has 1 aromatic carbocycles. The molecule has 18 heavy (non-hydrogen) atoms. The monoisotopic (exact) mass is 250 g/mol. The third-order valence-corrected chi connectivity index (χ3v) is 3.61. The first-order valence-corrected chi connectivity index (χ1v) is 6.04. The SMILES string of the molecule is COc1cc(C)c(OC)c2c1C[C@@H](C(=O)O)CC2. The van der Waals surface area contributed by atoms with Gasteiger partial charge in [0.15, 0.2) is 0 Å². The van der Waals surface area contributed by atoms with Crippen LogP contribution in [-0.4, -0.2) is 25.3 Å². The summed E-state index contributed by atoms with van der Waals surface area (Å²) in [5.74, 6) is 0.588. The predicted octanol–water partition coefficient (Wildman–Crippen LogP) is 2.20. The molecule has 0 amide bonds. The Hall–Kier alpha value is -1.71. The first-order chi connectivity index (χ1) is 8.58. The second-order valence-electron chi connectivity index (χ2n) is 4.66. The van der Waals surface area contributed by atoms with E-state index in [0.29, 0.717) is 12.8 Å². The zero-order valence-corrected chi connectivity index (χ0v) is 10.9. The van der Waals surface area contributed by atoms with Gasteiger partial charge in [0.25, 0.3) is 0 Å². The number of ether oxygens (including phenoxy) is 2. The maximum Gasteiger partial charge on any atom is 0.306 e. The first kappa shape index (κ1) is 12.7. The van der Waals surface area contributed by atoms with E-state index in [9.17, 15) is 4.79 Å². The Kier molecular flexibility index (Phi) is 3.45. The smallest absolute Gasteiger partial charge is 0.306 e. The molecule has 0 aliphatic heterocycles. The zero-order valence-electron chi connectivity index (χ0n) is 10.9. The van der Waals surface area contributed by atoms with E-state index in [1.807, 2.05) is 13.0 Å². The molecule has 0 saturated heterocycles. The number of aryl methyl sites for hydroxylation is 1. The largest absolute Gasteiger partial charge is 0.496 e. The summed E-state index contributed by atoms with van der Waals surface area (Å²) in [5.41, 5.74) is 3.12. The van der Waals surface area contributed by atoms with Crippen LogP contribution in [-0.2, 0) is 17.6 Å². The molecule has 0 radical (unpaired) electrons. The fraction of sp³-hybridized carbons (Fsp3) is 0.500. The van der Waals surface area contributed by atoms with Crippen LogP contribution >= 0.6 is 0 Å². The van der Waals surface area contributed by atoms with Gasteiger partial charge in [-0.05, 0) is 37.8 Å². The van der Waals surface area contributed by atoms with Crippen LogP contribution < -0.4 is 9.47 Å². The molecular weight excluding hydrogens is 232 g/mol. The number of carbonyl (C=O) groups is 1. The van der Waals surface area contributed by atoms with Gasteiger partial charge in [-0.3, -0.25) is 4.79 Å². The Balaban J connectivity index is 2.51. The summed E-state index contributed by atoms with van der Waals surface area (Å²) in [6, 6.07) is 1.92. The molecule has 0 aromatic heterocycles. The van der Waals surface area contributed by atoms with Crippen LogP contribution in [0.2, 0.25) is 0 Å². The highest BCUT2D eigenvalue weighted by Crippen LogP contribution is 2.40. The van der Waals surface area contributed by atoms with E-state index in [-0.39, 0.29) is 5.92 Å². The Morgan fingerprint density at radius 1 is 1.33 bits per heavy atom. The maximum atomic E-state index is 11.1. The molecule has 1 atom stereocenters. The van der Waals surface area contributed by atoms with Gasteiger partial charge in [-0.25, -0.2) is 0 Å². The topological polar surface area (TPSA) is 55.8 Å². The average Bonchev–Trinajstić information content (AvgIpc) is 2.37. The highest BCUT2D eigenvalue weighted by molar-refractivity contribution is 5.72. The lowest BCUT2D eigenvalue weighted by atomic mass is 9.82. The van der Waals surface area contributed by atoms with E-state index in [0.717, 1.165) is 34.6 Å². The Morgan fingerprint density at radius 3 is 2.61 bits per heavy atom.